The van der Waals surface area contributed by atoms with Crippen LogP contribution in [0.2, 0.25) is 0 Å². The molecule has 1 saturated carbocycles. The molecule has 2 aliphatic rings. The minimum Gasteiger partial charge on any atom is -0.326 e. The summed E-state index contributed by atoms with van der Waals surface area (Å²) in [4.78, 5) is 2.57. The zero-order valence-corrected chi connectivity index (χ0v) is 8.71. The van der Waals surface area contributed by atoms with Crippen molar-refractivity contribution in [1.29, 1.82) is 0 Å². The van der Waals surface area contributed by atoms with E-state index >= 15 is 0 Å². The van der Waals surface area contributed by atoms with Crippen LogP contribution in [0, 0.1) is 5.92 Å². The number of nitrogens with two attached hydrogens (primary N) is 1. The third-order valence-corrected chi connectivity index (χ3v) is 3.78. The molecule has 2 atom stereocenters. The van der Waals surface area contributed by atoms with E-state index in [2.05, 4.69) is 11.8 Å². The maximum atomic E-state index is 5.90. The van der Waals surface area contributed by atoms with Gasteiger partial charge in [0.15, 0.2) is 0 Å². The third-order valence-electron chi connectivity index (χ3n) is 3.78. The molecule has 76 valence electrons. The molecular formula is C11H22N2. The Kier molecular flexibility index (Phi) is 2.89. The van der Waals surface area contributed by atoms with Crippen LogP contribution in [0.15, 0.2) is 0 Å². The van der Waals surface area contributed by atoms with E-state index in [9.17, 15) is 0 Å². The molecule has 0 aromatic heterocycles. The Morgan fingerprint density at radius 1 is 1.38 bits per heavy atom. The molecule has 0 aromatic carbocycles. The van der Waals surface area contributed by atoms with Crippen LogP contribution in [0.4, 0.5) is 0 Å². The highest BCUT2D eigenvalue weighted by molar-refractivity contribution is 4.84. The van der Waals surface area contributed by atoms with Crippen LogP contribution in [-0.2, 0) is 0 Å². The summed E-state index contributed by atoms with van der Waals surface area (Å²) in [7, 11) is 0. The standard InChI is InChI=1S/C11H22N2/c1-9(7-10-3-2-4-10)13-6-5-11(12)8-13/h9-11H,2-8,12H2,1H3/t9?,11-/m0/s1. The summed E-state index contributed by atoms with van der Waals surface area (Å²) in [6.45, 7) is 4.74. The van der Waals surface area contributed by atoms with E-state index in [1.807, 2.05) is 0 Å². The maximum Gasteiger partial charge on any atom is 0.0180 e. The van der Waals surface area contributed by atoms with E-state index in [4.69, 9.17) is 5.73 Å². The van der Waals surface area contributed by atoms with E-state index in [0.717, 1.165) is 18.5 Å². The minimum absolute atomic E-state index is 0.448. The molecule has 2 rings (SSSR count). The second-order valence-corrected chi connectivity index (χ2v) is 4.93. The highest BCUT2D eigenvalue weighted by Crippen LogP contribution is 2.32. The molecular weight excluding hydrogens is 160 g/mol. The maximum absolute atomic E-state index is 5.90. The number of hydrogen-bond acceptors (Lipinski definition) is 2. The highest BCUT2D eigenvalue weighted by atomic mass is 15.2. The fraction of sp³-hybridized carbons (Fsp3) is 1.00. The van der Waals surface area contributed by atoms with Gasteiger partial charge in [0, 0.05) is 18.6 Å². The first kappa shape index (κ1) is 9.47. The minimum atomic E-state index is 0.448. The Morgan fingerprint density at radius 2 is 2.15 bits per heavy atom. The van der Waals surface area contributed by atoms with Crippen LogP contribution < -0.4 is 5.73 Å². The second kappa shape index (κ2) is 3.97. The molecule has 0 spiro atoms. The average Bonchev–Trinajstić information content (AvgIpc) is 2.44. The van der Waals surface area contributed by atoms with Gasteiger partial charge in [0.05, 0.1) is 0 Å². The molecule has 0 amide bonds. The predicted molar refractivity (Wildman–Crippen MR) is 55.6 cm³/mol. The van der Waals surface area contributed by atoms with Crippen LogP contribution in [0.5, 0.6) is 0 Å². The molecule has 2 heteroatoms. The predicted octanol–water partition coefficient (Wildman–Crippen LogP) is 1.60. The largest absolute Gasteiger partial charge is 0.326 e. The Morgan fingerprint density at radius 3 is 2.62 bits per heavy atom. The number of rotatable bonds is 3. The second-order valence-electron chi connectivity index (χ2n) is 4.93. The van der Waals surface area contributed by atoms with E-state index < -0.39 is 0 Å². The fourth-order valence-electron chi connectivity index (χ4n) is 2.58. The molecule has 1 aliphatic heterocycles. The van der Waals surface area contributed by atoms with Crippen LogP contribution >= 0.6 is 0 Å². The Labute approximate surface area is 81.5 Å². The first-order valence-corrected chi connectivity index (χ1v) is 5.75. The van der Waals surface area contributed by atoms with Crippen molar-refractivity contribution in [1.82, 2.24) is 4.90 Å². The van der Waals surface area contributed by atoms with Gasteiger partial charge in [-0.1, -0.05) is 19.3 Å². The molecule has 2 fully saturated rings. The van der Waals surface area contributed by atoms with Crippen LogP contribution in [0.1, 0.15) is 39.0 Å². The average molecular weight is 182 g/mol. The Hall–Kier alpha value is -0.0800. The normalized spacial score (nSPS) is 33.2. The van der Waals surface area contributed by atoms with Crippen molar-refractivity contribution in [3.8, 4) is 0 Å². The first-order valence-electron chi connectivity index (χ1n) is 5.75. The number of hydrogen-bond donors (Lipinski definition) is 1. The lowest BCUT2D eigenvalue weighted by atomic mass is 9.81. The van der Waals surface area contributed by atoms with Gasteiger partial charge in [-0.05, 0) is 32.2 Å². The van der Waals surface area contributed by atoms with Crippen LogP contribution in [-0.4, -0.2) is 30.1 Å². The SMILES string of the molecule is CC(CC1CCC1)N1CC[C@H](N)C1. The third kappa shape index (κ3) is 2.23. The summed E-state index contributed by atoms with van der Waals surface area (Å²) in [5.74, 6) is 1.03. The number of likely N-dealkylation sites (tertiary alicyclic amines) is 1. The molecule has 2 N–H and O–H groups in total. The van der Waals surface area contributed by atoms with Gasteiger partial charge in [0.1, 0.15) is 0 Å². The molecule has 1 aliphatic carbocycles. The Bertz CT molecular complexity index is 165. The van der Waals surface area contributed by atoms with Gasteiger partial charge in [-0.2, -0.15) is 0 Å². The van der Waals surface area contributed by atoms with Crippen molar-refractivity contribution < 1.29 is 0 Å². The summed E-state index contributed by atoms with van der Waals surface area (Å²) in [5.41, 5.74) is 5.90. The molecule has 0 bridgehead atoms. The van der Waals surface area contributed by atoms with Crippen LogP contribution in [0.3, 0.4) is 0 Å². The summed E-state index contributed by atoms with van der Waals surface area (Å²) in [5, 5.41) is 0. The van der Waals surface area contributed by atoms with Crippen molar-refractivity contribution in [2.45, 2.75) is 51.1 Å². The van der Waals surface area contributed by atoms with Gasteiger partial charge in [0.25, 0.3) is 0 Å². The molecule has 0 radical (unpaired) electrons. The topological polar surface area (TPSA) is 29.3 Å². The zero-order valence-electron chi connectivity index (χ0n) is 8.71. The number of nitrogens with zero attached hydrogens (tertiary/aromatic N) is 1. The van der Waals surface area contributed by atoms with Crippen molar-refractivity contribution >= 4 is 0 Å². The lowest BCUT2D eigenvalue weighted by molar-refractivity contribution is 0.180. The van der Waals surface area contributed by atoms with E-state index in [1.165, 1.54) is 38.6 Å². The summed E-state index contributed by atoms with van der Waals surface area (Å²) in [6.07, 6.45) is 7.03. The van der Waals surface area contributed by atoms with Crippen molar-refractivity contribution in [3.05, 3.63) is 0 Å². The molecule has 13 heavy (non-hydrogen) atoms. The zero-order chi connectivity index (χ0) is 9.26. The lowest BCUT2D eigenvalue weighted by Crippen LogP contribution is -2.35. The molecule has 1 heterocycles. The molecule has 2 nitrogen and oxygen atoms in total. The summed E-state index contributed by atoms with van der Waals surface area (Å²) >= 11 is 0. The van der Waals surface area contributed by atoms with Gasteiger partial charge >= 0.3 is 0 Å². The molecule has 0 aromatic rings. The van der Waals surface area contributed by atoms with E-state index in [-0.39, 0.29) is 0 Å². The van der Waals surface area contributed by atoms with E-state index in [1.54, 1.807) is 0 Å². The van der Waals surface area contributed by atoms with Gasteiger partial charge in [-0.3, -0.25) is 4.90 Å². The van der Waals surface area contributed by atoms with Crippen molar-refractivity contribution in [3.63, 3.8) is 0 Å². The smallest absolute Gasteiger partial charge is 0.0180 e. The lowest BCUT2D eigenvalue weighted by Gasteiger charge is -2.32. The van der Waals surface area contributed by atoms with Crippen LogP contribution in [0.25, 0.3) is 0 Å². The van der Waals surface area contributed by atoms with Gasteiger partial charge in [-0.25, -0.2) is 0 Å². The quantitative estimate of drug-likeness (QED) is 0.718. The van der Waals surface area contributed by atoms with E-state index in [0.29, 0.717) is 6.04 Å². The van der Waals surface area contributed by atoms with Crippen molar-refractivity contribution in [2.75, 3.05) is 13.1 Å². The van der Waals surface area contributed by atoms with Gasteiger partial charge in [0.2, 0.25) is 0 Å². The Balaban J connectivity index is 1.72. The van der Waals surface area contributed by atoms with Gasteiger partial charge < -0.3 is 5.73 Å². The monoisotopic (exact) mass is 182 g/mol. The summed E-state index contributed by atoms with van der Waals surface area (Å²) < 4.78 is 0. The first-order chi connectivity index (χ1) is 6.25. The summed E-state index contributed by atoms with van der Waals surface area (Å²) in [6, 6.07) is 1.22. The van der Waals surface area contributed by atoms with Crippen molar-refractivity contribution in [2.24, 2.45) is 11.7 Å². The highest BCUT2D eigenvalue weighted by Gasteiger charge is 2.27. The molecule has 1 unspecified atom stereocenters. The fourth-order valence-corrected chi connectivity index (χ4v) is 2.58. The molecule has 1 saturated heterocycles. The van der Waals surface area contributed by atoms with Gasteiger partial charge in [-0.15, -0.1) is 0 Å².